The Morgan fingerprint density at radius 1 is 0.930 bits per heavy atom. The molecule has 6 aliphatic rings. The summed E-state index contributed by atoms with van der Waals surface area (Å²) in [5, 5.41) is 0. The predicted octanol–water partition coefficient (Wildman–Crippen LogP) is 4.47. The number of nitrogens with zero attached hydrogens (tertiary/aromatic N) is 2. The highest BCUT2D eigenvalue weighted by molar-refractivity contribution is 5.66. The van der Waals surface area contributed by atoms with Gasteiger partial charge in [0.05, 0.1) is 25.7 Å². The Bertz CT molecular complexity index is 948. The topological polar surface area (TPSA) is 38.8 Å². The van der Waals surface area contributed by atoms with Crippen LogP contribution in [0.3, 0.4) is 0 Å². The Labute approximate surface area is 274 Å². The van der Waals surface area contributed by atoms with E-state index in [1.807, 2.05) is 0 Å². The highest BCUT2D eigenvalue weighted by atomic mass is 79.9. The maximum atomic E-state index is 12.6. The van der Waals surface area contributed by atoms with Gasteiger partial charge in [0, 0.05) is 31.4 Å². The molecule has 0 amide bonds. The summed E-state index contributed by atoms with van der Waals surface area (Å²) in [6.07, 6.45) is 17.8. The summed E-state index contributed by atoms with van der Waals surface area (Å²) < 4.78 is 14.5. The van der Waals surface area contributed by atoms with Gasteiger partial charge in [-0.15, -0.1) is 0 Å². The van der Waals surface area contributed by atoms with Crippen LogP contribution in [0.15, 0.2) is 0 Å². The average Bonchev–Trinajstić information content (AvgIpc) is 3.28. The van der Waals surface area contributed by atoms with Gasteiger partial charge in [-0.2, -0.15) is 0 Å². The largest absolute Gasteiger partial charge is 1.00 e. The van der Waals surface area contributed by atoms with Crippen LogP contribution in [0.4, 0.5) is 0 Å². The number of piperidine rings is 2. The molecule has 6 heteroatoms. The van der Waals surface area contributed by atoms with E-state index in [4.69, 9.17) is 9.47 Å². The average molecular weight is 666 g/mol. The molecule has 0 radical (unpaired) electrons. The summed E-state index contributed by atoms with van der Waals surface area (Å²) in [5.74, 6) is 3.61. The van der Waals surface area contributed by atoms with Crippen LogP contribution < -0.4 is 17.0 Å². The number of rotatable bonds is 7. The van der Waals surface area contributed by atoms with E-state index in [2.05, 4.69) is 39.5 Å². The van der Waals surface area contributed by atoms with Gasteiger partial charge in [-0.1, -0.05) is 34.1 Å². The molecule has 43 heavy (non-hydrogen) atoms. The summed E-state index contributed by atoms with van der Waals surface area (Å²) in [4.78, 5) is 15.5. The van der Waals surface area contributed by atoms with Gasteiger partial charge in [-0.25, -0.2) is 0 Å². The zero-order valence-corrected chi connectivity index (χ0v) is 30.2. The molecule has 4 aliphatic carbocycles. The fraction of sp³-hybridized carbons (Fsp3) is 0.973. The number of likely N-dealkylation sites (N-methyl/N-ethyl adjacent to an activating group) is 1. The molecule has 0 aromatic carbocycles. The highest BCUT2D eigenvalue weighted by Crippen LogP contribution is 2.67. The molecule has 5 unspecified atom stereocenters. The Balaban J connectivity index is 0.00000368. The van der Waals surface area contributed by atoms with Crippen LogP contribution in [0.25, 0.3) is 0 Å². The Morgan fingerprint density at radius 3 is 2.28 bits per heavy atom. The van der Waals surface area contributed by atoms with E-state index in [1.54, 1.807) is 6.92 Å². The number of likely N-dealkylation sites (tertiary alicyclic amines) is 2. The molecule has 248 valence electrons. The smallest absolute Gasteiger partial charge is 0.303 e. The van der Waals surface area contributed by atoms with Crippen LogP contribution in [0.5, 0.6) is 0 Å². The van der Waals surface area contributed by atoms with Crippen molar-refractivity contribution in [1.82, 2.24) is 4.90 Å². The molecule has 0 aromatic rings. The second-order valence-corrected chi connectivity index (χ2v) is 16.9. The van der Waals surface area contributed by atoms with E-state index in [1.165, 1.54) is 121 Å². The summed E-state index contributed by atoms with van der Waals surface area (Å²) in [7, 11) is 0. The number of halogens is 1. The minimum Gasteiger partial charge on any atom is -1.00 e. The van der Waals surface area contributed by atoms with Crippen molar-refractivity contribution in [1.29, 1.82) is 0 Å². The molecule has 6 rings (SSSR count). The van der Waals surface area contributed by atoms with Crippen molar-refractivity contribution < 1.29 is 35.7 Å². The zero-order valence-electron chi connectivity index (χ0n) is 28.6. The van der Waals surface area contributed by atoms with Crippen molar-refractivity contribution in [3.05, 3.63) is 0 Å². The minimum absolute atomic E-state index is 0. The molecule has 0 spiro atoms. The number of quaternary nitrogens is 1. The van der Waals surface area contributed by atoms with Crippen LogP contribution in [-0.4, -0.2) is 79.0 Å². The molecular formula is C37H65BrN2O3. The first kappa shape index (κ1) is 34.2. The van der Waals surface area contributed by atoms with Gasteiger partial charge in [0.25, 0.3) is 0 Å². The van der Waals surface area contributed by atoms with E-state index in [-0.39, 0.29) is 34.5 Å². The minimum atomic E-state index is -0.0555. The lowest BCUT2D eigenvalue weighted by atomic mass is 9.44. The molecule has 0 bridgehead atoms. The van der Waals surface area contributed by atoms with Crippen molar-refractivity contribution in [2.45, 2.75) is 149 Å². The van der Waals surface area contributed by atoms with E-state index < -0.39 is 0 Å². The first-order valence-corrected chi connectivity index (χ1v) is 18.5. The zero-order chi connectivity index (χ0) is 29.7. The molecule has 6 fully saturated rings. The lowest BCUT2D eigenvalue weighted by molar-refractivity contribution is -0.956. The van der Waals surface area contributed by atoms with Crippen LogP contribution in [0, 0.1) is 40.4 Å². The van der Waals surface area contributed by atoms with E-state index in [0.29, 0.717) is 35.4 Å². The number of fused-ring (bicyclic) bond motifs is 5. The van der Waals surface area contributed by atoms with Gasteiger partial charge in [0.15, 0.2) is 6.10 Å². The van der Waals surface area contributed by atoms with E-state index in [9.17, 15) is 4.79 Å². The molecule has 2 heterocycles. The van der Waals surface area contributed by atoms with Gasteiger partial charge >= 0.3 is 5.97 Å². The van der Waals surface area contributed by atoms with Crippen LogP contribution in [0.1, 0.15) is 125 Å². The molecule has 4 saturated carbocycles. The number of carbonyl (C=O) groups excluding carboxylic acids is 1. The van der Waals surface area contributed by atoms with Crippen LogP contribution in [-0.2, 0) is 14.3 Å². The molecule has 0 aromatic heterocycles. The van der Waals surface area contributed by atoms with Crippen molar-refractivity contribution in [3.8, 4) is 0 Å². The maximum Gasteiger partial charge on any atom is 0.303 e. The number of hydrogen-bond donors (Lipinski definition) is 0. The Hall–Kier alpha value is -0.170. The third kappa shape index (κ3) is 6.16. The van der Waals surface area contributed by atoms with Crippen molar-refractivity contribution in [3.63, 3.8) is 0 Å². The fourth-order valence-electron chi connectivity index (χ4n) is 12.3. The molecular weight excluding hydrogens is 600 g/mol. The lowest BCUT2D eigenvalue weighted by Gasteiger charge is -2.62. The van der Waals surface area contributed by atoms with Crippen molar-refractivity contribution in [2.75, 3.05) is 39.3 Å². The molecule has 0 N–H and O–H groups in total. The highest BCUT2D eigenvalue weighted by Gasteiger charge is 2.67. The maximum absolute atomic E-state index is 12.6. The van der Waals surface area contributed by atoms with Gasteiger partial charge < -0.3 is 30.9 Å². The predicted molar refractivity (Wildman–Crippen MR) is 170 cm³/mol. The number of ether oxygens (including phenoxy) is 2. The summed E-state index contributed by atoms with van der Waals surface area (Å²) in [6, 6.07) is 1.07. The second-order valence-electron chi connectivity index (χ2n) is 16.9. The molecule has 10 atom stereocenters. The number of hydrogen-bond acceptors (Lipinski definition) is 4. The molecule has 5 nitrogen and oxygen atoms in total. The normalized spacial score (nSPS) is 44.5. The van der Waals surface area contributed by atoms with Crippen LogP contribution in [0.2, 0.25) is 0 Å². The third-order valence-electron chi connectivity index (χ3n) is 14.4. The standard InChI is InChI=1S/C37H65N2O3.BrH/c1-7-39(20-12-9-13-21-39)33-23-31-29-15-14-28-22-34(41-25-26(2)3)32(38-18-10-8-11-19-38)24-37(28,6)30(29)16-17-36(31,5)35(33)42-27(4)40;/h26,28-35H,7-25H2,1-6H3;1H/q+1;/p-1/t28?,29-,30-,31+,32?,33?,34?,35?,36+,37+;/m1./s1. The fourth-order valence-corrected chi connectivity index (χ4v) is 12.3. The van der Waals surface area contributed by atoms with Gasteiger partial charge in [-0.3, -0.25) is 9.69 Å². The lowest BCUT2D eigenvalue weighted by Crippen LogP contribution is -3.00. The SMILES string of the molecule is CC[N+]1(C2C[C@H]3[C@@H]4CCC5CC(OCC(C)C)C(N6CCCCC6)C[C@]5(C)[C@@H]4CC[C@]3(C)C2OC(C)=O)CCCCC1.[Br-]. The van der Waals surface area contributed by atoms with Gasteiger partial charge in [0.2, 0.25) is 0 Å². The quantitative estimate of drug-likeness (QED) is 0.298. The summed E-state index contributed by atoms with van der Waals surface area (Å²) in [5.41, 5.74) is 0.531. The molecule has 2 saturated heterocycles. The summed E-state index contributed by atoms with van der Waals surface area (Å²) >= 11 is 0. The van der Waals surface area contributed by atoms with E-state index in [0.717, 1.165) is 24.4 Å². The van der Waals surface area contributed by atoms with E-state index >= 15 is 0 Å². The number of esters is 1. The van der Waals surface area contributed by atoms with Crippen molar-refractivity contribution in [2.24, 2.45) is 40.4 Å². The third-order valence-corrected chi connectivity index (χ3v) is 14.4. The van der Waals surface area contributed by atoms with Crippen molar-refractivity contribution >= 4 is 5.97 Å². The van der Waals surface area contributed by atoms with Crippen LogP contribution >= 0.6 is 0 Å². The Morgan fingerprint density at radius 2 is 1.63 bits per heavy atom. The van der Waals surface area contributed by atoms with Gasteiger partial charge in [-0.05, 0) is 126 Å². The second kappa shape index (κ2) is 13.5. The first-order chi connectivity index (χ1) is 20.1. The number of carbonyl (C=O) groups is 1. The van der Waals surface area contributed by atoms with Gasteiger partial charge in [0.1, 0.15) is 6.04 Å². The molecule has 2 aliphatic heterocycles. The monoisotopic (exact) mass is 664 g/mol. The first-order valence-electron chi connectivity index (χ1n) is 18.5. The summed E-state index contributed by atoms with van der Waals surface area (Å²) in [6.45, 7) is 21.2. The Kier molecular flexibility index (Phi) is 10.7.